The van der Waals surface area contributed by atoms with Gasteiger partial charge in [0, 0.05) is 5.02 Å². The standard InChI is InChI=1S/C14H12ClNO4/c15-10-5-3-9(4-6-10)11(8-13(17)18)16-14(19)12-2-1-7-20-12/h1-7,11H,8H2,(H,16,19)(H,17,18)/t11-/m0/s1. The van der Waals surface area contributed by atoms with Gasteiger partial charge in [-0.3, -0.25) is 9.59 Å². The first-order chi connectivity index (χ1) is 9.56. The molecule has 0 unspecified atom stereocenters. The van der Waals surface area contributed by atoms with Crippen LogP contribution in [-0.4, -0.2) is 17.0 Å². The number of carboxylic acids is 1. The summed E-state index contributed by atoms with van der Waals surface area (Å²) in [5, 5.41) is 12.1. The molecule has 0 bridgehead atoms. The van der Waals surface area contributed by atoms with Crippen LogP contribution in [0.15, 0.2) is 47.1 Å². The van der Waals surface area contributed by atoms with Crippen LogP contribution in [0.4, 0.5) is 0 Å². The second kappa shape index (κ2) is 6.25. The van der Waals surface area contributed by atoms with Crippen molar-refractivity contribution in [1.29, 1.82) is 0 Å². The third-order valence-corrected chi connectivity index (χ3v) is 2.95. The minimum atomic E-state index is -1.01. The van der Waals surface area contributed by atoms with Gasteiger partial charge in [0.2, 0.25) is 0 Å². The minimum absolute atomic E-state index is 0.134. The molecule has 0 aliphatic rings. The monoisotopic (exact) mass is 293 g/mol. The van der Waals surface area contributed by atoms with E-state index in [1.165, 1.54) is 12.3 Å². The van der Waals surface area contributed by atoms with Gasteiger partial charge in [-0.2, -0.15) is 0 Å². The summed E-state index contributed by atoms with van der Waals surface area (Å²) in [6.07, 6.45) is 1.15. The topological polar surface area (TPSA) is 79.5 Å². The van der Waals surface area contributed by atoms with Crippen LogP contribution >= 0.6 is 11.6 Å². The Bertz CT molecular complexity index is 592. The number of aliphatic carboxylic acids is 1. The van der Waals surface area contributed by atoms with Gasteiger partial charge in [0.25, 0.3) is 5.91 Å². The van der Waals surface area contributed by atoms with Crippen LogP contribution in [0.5, 0.6) is 0 Å². The number of amides is 1. The third-order valence-electron chi connectivity index (χ3n) is 2.70. The number of carbonyl (C=O) groups is 2. The van der Waals surface area contributed by atoms with E-state index >= 15 is 0 Å². The Balaban J connectivity index is 2.17. The average molecular weight is 294 g/mol. The van der Waals surface area contributed by atoms with Crippen LogP contribution < -0.4 is 5.32 Å². The van der Waals surface area contributed by atoms with Crippen molar-refractivity contribution in [3.05, 3.63) is 59.0 Å². The number of carboxylic acid groups (broad SMARTS) is 1. The minimum Gasteiger partial charge on any atom is -0.481 e. The fourth-order valence-corrected chi connectivity index (χ4v) is 1.89. The van der Waals surface area contributed by atoms with Gasteiger partial charge in [-0.05, 0) is 29.8 Å². The molecule has 2 N–H and O–H groups in total. The summed E-state index contributed by atoms with van der Waals surface area (Å²) < 4.78 is 4.98. The molecule has 5 nitrogen and oxygen atoms in total. The molecule has 20 heavy (non-hydrogen) atoms. The van der Waals surface area contributed by atoms with Crippen LogP contribution in [0.2, 0.25) is 5.02 Å². The van der Waals surface area contributed by atoms with Crippen LogP contribution in [0.1, 0.15) is 28.6 Å². The number of halogens is 1. The lowest BCUT2D eigenvalue weighted by molar-refractivity contribution is -0.137. The van der Waals surface area contributed by atoms with Crippen molar-refractivity contribution in [3.63, 3.8) is 0 Å². The smallest absolute Gasteiger partial charge is 0.305 e. The molecule has 1 atom stereocenters. The molecule has 1 heterocycles. The summed E-state index contributed by atoms with van der Waals surface area (Å²) in [6, 6.07) is 9.09. The Morgan fingerprint density at radius 2 is 1.95 bits per heavy atom. The number of hydrogen-bond acceptors (Lipinski definition) is 3. The molecule has 0 aliphatic heterocycles. The van der Waals surface area contributed by atoms with E-state index in [1.54, 1.807) is 30.3 Å². The summed E-state index contributed by atoms with van der Waals surface area (Å²) >= 11 is 5.79. The number of hydrogen-bond donors (Lipinski definition) is 2. The van der Waals surface area contributed by atoms with Crippen molar-refractivity contribution < 1.29 is 19.1 Å². The van der Waals surface area contributed by atoms with Gasteiger partial charge in [-0.15, -0.1) is 0 Å². The molecule has 0 spiro atoms. The zero-order valence-corrected chi connectivity index (χ0v) is 11.1. The normalized spacial score (nSPS) is 11.8. The van der Waals surface area contributed by atoms with Crippen molar-refractivity contribution in [3.8, 4) is 0 Å². The third kappa shape index (κ3) is 3.61. The maximum absolute atomic E-state index is 11.9. The molecule has 2 aromatic rings. The number of nitrogens with one attached hydrogen (secondary N) is 1. The van der Waals surface area contributed by atoms with E-state index in [1.807, 2.05) is 0 Å². The molecule has 1 aromatic heterocycles. The Hall–Kier alpha value is -2.27. The highest BCUT2D eigenvalue weighted by Crippen LogP contribution is 2.20. The summed E-state index contributed by atoms with van der Waals surface area (Å²) in [6.45, 7) is 0. The first kappa shape index (κ1) is 14.1. The second-order valence-corrected chi connectivity index (χ2v) is 4.59. The fourth-order valence-electron chi connectivity index (χ4n) is 1.76. The van der Waals surface area contributed by atoms with Gasteiger partial charge in [0.05, 0.1) is 18.7 Å². The van der Waals surface area contributed by atoms with Crippen molar-refractivity contribution in [1.82, 2.24) is 5.32 Å². The lowest BCUT2D eigenvalue weighted by Crippen LogP contribution is -2.29. The van der Waals surface area contributed by atoms with Crippen molar-refractivity contribution in [2.24, 2.45) is 0 Å². The van der Waals surface area contributed by atoms with Crippen LogP contribution in [0.25, 0.3) is 0 Å². The summed E-state index contributed by atoms with van der Waals surface area (Å²) in [4.78, 5) is 22.8. The molecule has 0 radical (unpaired) electrons. The molecule has 6 heteroatoms. The Morgan fingerprint density at radius 1 is 1.25 bits per heavy atom. The van der Waals surface area contributed by atoms with Crippen LogP contribution in [0, 0.1) is 0 Å². The predicted molar refractivity (Wildman–Crippen MR) is 72.6 cm³/mol. The van der Waals surface area contributed by atoms with Gasteiger partial charge in [0.1, 0.15) is 0 Å². The van der Waals surface area contributed by atoms with Crippen molar-refractivity contribution >= 4 is 23.5 Å². The lowest BCUT2D eigenvalue weighted by Gasteiger charge is -2.16. The van der Waals surface area contributed by atoms with E-state index in [4.69, 9.17) is 21.1 Å². The number of rotatable bonds is 5. The molecule has 1 amide bonds. The number of carbonyl (C=O) groups excluding carboxylic acids is 1. The molecule has 0 saturated carbocycles. The Kier molecular flexibility index (Phi) is 4.42. The Morgan fingerprint density at radius 3 is 2.50 bits per heavy atom. The molecule has 2 rings (SSSR count). The van der Waals surface area contributed by atoms with Gasteiger partial charge in [-0.25, -0.2) is 0 Å². The van der Waals surface area contributed by atoms with Gasteiger partial charge < -0.3 is 14.8 Å². The molecular weight excluding hydrogens is 282 g/mol. The quantitative estimate of drug-likeness (QED) is 0.888. The SMILES string of the molecule is O=C(O)C[C@H](NC(=O)c1ccco1)c1ccc(Cl)cc1. The van der Waals surface area contributed by atoms with E-state index in [9.17, 15) is 9.59 Å². The zero-order chi connectivity index (χ0) is 14.5. The molecule has 0 saturated heterocycles. The lowest BCUT2D eigenvalue weighted by atomic mass is 10.0. The molecule has 0 fully saturated rings. The first-order valence-electron chi connectivity index (χ1n) is 5.88. The largest absolute Gasteiger partial charge is 0.481 e. The van der Waals surface area contributed by atoms with Crippen LogP contribution in [-0.2, 0) is 4.79 Å². The maximum Gasteiger partial charge on any atom is 0.305 e. The zero-order valence-electron chi connectivity index (χ0n) is 10.4. The van der Waals surface area contributed by atoms with Crippen molar-refractivity contribution in [2.75, 3.05) is 0 Å². The van der Waals surface area contributed by atoms with Gasteiger partial charge in [-0.1, -0.05) is 23.7 Å². The van der Waals surface area contributed by atoms with E-state index in [0.717, 1.165) is 0 Å². The highest BCUT2D eigenvalue weighted by atomic mass is 35.5. The molecular formula is C14H12ClNO4. The average Bonchev–Trinajstić information content (AvgIpc) is 2.92. The second-order valence-electron chi connectivity index (χ2n) is 4.15. The maximum atomic E-state index is 11.9. The number of benzene rings is 1. The van der Waals surface area contributed by atoms with Gasteiger partial charge in [0.15, 0.2) is 5.76 Å². The van der Waals surface area contributed by atoms with E-state index < -0.39 is 17.9 Å². The summed E-state index contributed by atoms with van der Waals surface area (Å²) in [5.41, 5.74) is 0.664. The predicted octanol–water partition coefficient (Wildman–Crippen LogP) is 2.88. The number of furan rings is 1. The van der Waals surface area contributed by atoms with E-state index in [2.05, 4.69) is 5.32 Å². The van der Waals surface area contributed by atoms with E-state index in [-0.39, 0.29) is 12.2 Å². The molecule has 0 aliphatic carbocycles. The van der Waals surface area contributed by atoms with E-state index in [0.29, 0.717) is 10.6 Å². The summed E-state index contributed by atoms with van der Waals surface area (Å²) in [7, 11) is 0. The van der Waals surface area contributed by atoms with Crippen LogP contribution in [0.3, 0.4) is 0 Å². The van der Waals surface area contributed by atoms with Gasteiger partial charge >= 0.3 is 5.97 Å². The fraction of sp³-hybridized carbons (Fsp3) is 0.143. The molecule has 104 valence electrons. The summed E-state index contributed by atoms with van der Waals surface area (Å²) in [5.74, 6) is -1.34. The highest BCUT2D eigenvalue weighted by Gasteiger charge is 2.20. The molecule has 1 aromatic carbocycles. The van der Waals surface area contributed by atoms with Crippen molar-refractivity contribution in [2.45, 2.75) is 12.5 Å². The highest BCUT2D eigenvalue weighted by molar-refractivity contribution is 6.30. The first-order valence-corrected chi connectivity index (χ1v) is 6.25. The Labute approximate surface area is 120 Å².